The number of benzene rings is 1. The number of hydrogen-bond donors (Lipinski definition) is 1. The monoisotopic (exact) mass is 111 g/mol. The van der Waals surface area contributed by atoms with Crippen LogP contribution in [0.5, 0.6) is 5.75 Å². The van der Waals surface area contributed by atoms with Gasteiger partial charge < -0.3 is 5.11 Å². The predicted octanol–water partition coefficient (Wildman–Crippen LogP) is 1.33. The molecule has 0 atom stereocenters. The molecule has 0 amide bonds. The average molecular weight is 111 g/mol. The molecule has 0 heterocycles. The molecule has 0 spiro atoms. The third-order valence-electron chi connectivity index (χ3n) is 0.792. The van der Waals surface area contributed by atoms with Gasteiger partial charge in [-0.15, -0.1) is 0 Å². The average Bonchev–Trinajstić information content (AvgIpc) is 1.77. The molecule has 0 aliphatic rings. The third kappa shape index (κ3) is 0.780. The summed E-state index contributed by atoms with van der Waals surface area (Å²) in [6.07, 6.45) is 0. The van der Waals surface area contributed by atoms with Gasteiger partial charge in [-0.3, -0.25) is 0 Å². The zero-order valence-corrected chi connectivity index (χ0v) is 4.06. The highest BCUT2D eigenvalue weighted by Crippen LogP contribution is 2.11. The minimum absolute atomic E-state index is 0.330. The highest BCUT2D eigenvalue weighted by Gasteiger charge is 1.92. The third-order valence-corrected chi connectivity index (χ3v) is 0.792. The van der Waals surface area contributed by atoms with E-state index < -0.39 is 5.82 Å². The summed E-state index contributed by atoms with van der Waals surface area (Å²) in [5.74, 6) is -0.962. The van der Waals surface area contributed by atoms with E-state index in [0.29, 0.717) is 0 Å². The summed E-state index contributed by atoms with van der Waals surface area (Å²) in [6, 6.07) is 6.23. The maximum Gasteiger partial charge on any atom is 0.165 e. The molecule has 0 saturated heterocycles. The van der Waals surface area contributed by atoms with Gasteiger partial charge in [-0.1, -0.05) is 6.07 Å². The van der Waals surface area contributed by atoms with Crippen molar-refractivity contribution in [2.45, 2.75) is 0 Å². The van der Waals surface area contributed by atoms with Crippen LogP contribution in [0.3, 0.4) is 0 Å². The van der Waals surface area contributed by atoms with Crippen molar-refractivity contribution >= 4 is 0 Å². The van der Waals surface area contributed by atoms with Crippen molar-refractivity contribution in [2.75, 3.05) is 0 Å². The lowest BCUT2D eigenvalue weighted by Crippen LogP contribution is -1.70. The summed E-state index contributed by atoms with van der Waals surface area (Å²) in [6.45, 7) is 0. The molecule has 0 fully saturated rings. The lowest BCUT2D eigenvalue weighted by molar-refractivity contribution is 0.432. The Morgan fingerprint density at radius 1 is 1.62 bits per heavy atom. The predicted molar refractivity (Wildman–Crippen MR) is 26.9 cm³/mol. The number of halogens is 1. The quantitative estimate of drug-likeness (QED) is 0.535. The zero-order valence-electron chi connectivity index (χ0n) is 4.06. The van der Waals surface area contributed by atoms with Gasteiger partial charge in [-0.2, -0.15) is 0 Å². The van der Waals surface area contributed by atoms with Crippen LogP contribution in [0.1, 0.15) is 0 Å². The van der Waals surface area contributed by atoms with Crippen LogP contribution < -0.4 is 0 Å². The first-order valence-corrected chi connectivity index (χ1v) is 2.15. The van der Waals surface area contributed by atoms with Crippen LogP contribution >= 0.6 is 0 Å². The molecule has 2 heteroatoms. The molecule has 0 aliphatic carbocycles. The Kier molecular flexibility index (Phi) is 1.16. The van der Waals surface area contributed by atoms with E-state index in [1.807, 2.05) is 0 Å². The second-order valence-electron chi connectivity index (χ2n) is 1.38. The van der Waals surface area contributed by atoms with Crippen molar-refractivity contribution in [1.82, 2.24) is 0 Å². The van der Waals surface area contributed by atoms with Crippen molar-refractivity contribution in [1.29, 1.82) is 0 Å². The first-order chi connectivity index (χ1) is 3.80. The van der Waals surface area contributed by atoms with Crippen LogP contribution in [0.15, 0.2) is 18.2 Å². The van der Waals surface area contributed by atoms with Crippen LogP contribution in [0.25, 0.3) is 0 Å². The smallest absolute Gasteiger partial charge is 0.165 e. The first kappa shape index (κ1) is 5.09. The minimum Gasteiger partial charge on any atom is -0.505 e. The SMILES string of the molecule is Oc1cc[c]cc1F. The molecule has 0 aliphatic heterocycles. The second kappa shape index (κ2) is 1.82. The molecule has 1 rings (SSSR count). The van der Waals surface area contributed by atoms with E-state index in [-0.39, 0.29) is 5.75 Å². The van der Waals surface area contributed by atoms with E-state index in [4.69, 9.17) is 5.11 Å². The van der Waals surface area contributed by atoms with E-state index in [9.17, 15) is 4.39 Å². The highest BCUT2D eigenvalue weighted by atomic mass is 19.1. The summed E-state index contributed by atoms with van der Waals surface area (Å²) >= 11 is 0. The molecule has 0 aromatic heterocycles. The van der Waals surface area contributed by atoms with E-state index >= 15 is 0 Å². The van der Waals surface area contributed by atoms with Crippen molar-refractivity contribution in [2.24, 2.45) is 0 Å². The van der Waals surface area contributed by atoms with E-state index in [1.54, 1.807) is 0 Å². The first-order valence-electron chi connectivity index (χ1n) is 2.15. The lowest BCUT2D eigenvalue weighted by Gasteiger charge is -1.87. The van der Waals surface area contributed by atoms with Gasteiger partial charge in [0.1, 0.15) is 0 Å². The summed E-state index contributed by atoms with van der Waals surface area (Å²) < 4.78 is 12.0. The Labute approximate surface area is 46.4 Å². The Bertz CT molecular complexity index is 165. The van der Waals surface area contributed by atoms with Crippen LogP contribution in [0.4, 0.5) is 4.39 Å². The Hall–Kier alpha value is -1.05. The van der Waals surface area contributed by atoms with Crippen LogP contribution in [-0.4, -0.2) is 5.11 Å². The fraction of sp³-hybridized carbons (Fsp3) is 0. The molecular formula is C6H4FO. The van der Waals surface area contributed by atoms with Gasteiger partial charge in [0.05, 0.1) is 0 Å². The Morgan fingerprint density at radius 2 is 2.38 bits per heavy atom. The van der Waals surface area contributed by atoms with Crippen LogP contribution in [-0.2, 0) is 0 Å². The fourth-order valence-electron chi connectivity index (χ4n) is 0.402. The molecular weight excluding hydrogens is 107 g/mol. The normalized spacial score (nSPS) is 9.12. The van der Waals surface area contributed by atoms with Gasteiger partial charge in [0.2, 0.25) is 0 Å². The van der Waals surface area contributed by atoms with Crippen molar-refractivity contribution in [3.8, 4) is 5.75 Å². The van der Waals surface area contributed by atoms with Gasteiger partial charge in [-0.25, -0.2) is 4.39 Å². The second-order valence-corrected chi connectivity index (χ2v) is 1.38. The molecule has 8 heavy (non-hydrogen) atoms. The molecule has 0 bridgehead atoms. The highest BCUT2D eigenvalue weighted by molar-refractivity contribution is 5.20. The molecule has 1 aromatic rings. The number of phenols is 1. The van der Waals surface area contributed by atoms with Gasteiger partial charge in [-0.05, 0) is 18.2 Å². The van der Waals surface area contributed by atoms with Crippen molar-refractivity contribution < 1.29 is 9.50 Å². The molecule has 1 N–H and O–H groups in total. The maximum absolute atomic E-state index is 12.0. The van der Waals surface area contributed by atoms with Crippen LogP contribution in [0.2, 0.25) is 0 Å². The van der Waals surface area contributed by atoms with Crippen molar-refractivity contribution in [3.63, 3.8) is 0 Å². The molecule has 1 radical (unpaired) electrons. The number of phenolic OH excluding ortho intramolecular Hbond substituents is 1. The van der Waals surface area contributed by atoms with Crippen LogP contribution in [0, 0.1) is 11.9 Å². The lowest BCUT2D eigenvalue weighted by atomic mass is 10.3. The molecule has 1 nitrogen and oxygen atoms in total. The molecule has 0 unspecified atom stereocenters. The summed E-state index contributed by atoms with van der Waals surface area (Å²) in [4.78, 5) is 0. The zero-order chi connectivity index (χ0) is 5.98. The van der Waals surface area contributed by atoms with E-state index in [2.05, 4.69) is 6.07 Å². The summed E-state index contributed by atoms with van der Waals surface area (Å²) in [7, 11) is 0. The molecule has 1 aromatic carbocycles. The van der Waals surface area contributed by atoms with Gasteiger partial charge in [0, 0.05) is 0 Å². The van der Waals surface area contributed by atoms with Gasteiger partial charge in [0.25, 0.3) is 0 Å². The Balaban J connectivity index is 3.13. The molecule has 41 valence electrons. The number of aromatic hydroxyl groups is 1. The summed E-state index contributed by atoms with van der Waals surface area (Å²) in [5, 5.41) is 8.52. The Morgan fingerprint density at radius 3 is 2.75 bits per heavy atom. The van der Waals surface area contributed by atoms with Gasteiger partial charge >= 0.3 is 0 Å². The molecule has 0 saturated carbocycles. The van der Waals surface area contributed by atoms with E-state index in [1.165, 1.54) is 12.1 Å². The number of rotatable bonds is 0. The standard InChI is InChI=1S/C6H4FO/c7-5-3-1-2-4-6(5)8/h2-4,8H. The van der Waals surface area contributed by atoms with Gasteiger partial charge in [0.15, 0.2) is 11.6 Å². The number of hydrogen-bond acceptors (Lipinski definition) is 1. The minimum atomic E-state index is -0.632. The maximum atomic E-state index is 12.0. The summed E-state index contributed by atoms with van der Waals surface area (Å²) in [5.41, 5.74) is 0. The van der Waals surface area contributed by atoms with Crippen molar-refractivity contribution in [3.05, 3.63) is 30.1 Å². The largest absolute Gasteiger partial charge is 0.505 e. The fourth-order valence-corrected chi connectivity index (χ4v) is 0.402. The topological polar surface area (TPSA) is 20.2 Å². The van der Waals surface area contributed by atoms with E-state index in [0.717, 1.165) is 6.07 Å².